The number of Topliss-reactive ketones (excluding diaryl/α,β-unsaturated/α-hetero) is 1. The van der Waals surface area contributed by atoms with E-state index in [4.69, 9.17) is 21.3 Å². The molecule has 0 bridgehead atoms. The molecule has 0 aliphatic heterocycles. The lowest BCUT2D eigenvalue weighted by molar-refractivity contribution is -0.128. The van der Waals surface area contributed by atoms with Crippen LogP contribution in [0.15, 0.2) is 63.8 Å². The molecule has 2 aromatic rings. The van der Waals surface area contributed by atoms with Crippen molar-refractivity contribution in [3.8, 4) is 5.75 Å². The normalized spacial score (nSPS) is 15.7. The van der Waals surface area contributed by atoms with Crippen LogP contribution >= 0.6 is 11.6 Å². The molecular formula is C38H53ClN4O5S. The maximum atomic E-state index is 13.7. The number of likely N-dealkylation sites (N-methyl/N-ethyl adjacent to an activating group) is 1. The van der Waals surface area contributed by atoms with E-state index in [0.29, 0.717) is 35.7 Å². The van der Waals surface area contributed by atoms with E-state index < -0.39 is 27.8 Å². The summed E-state index contributed by atoms with van der Waals surface area (Å²) in [5.41, 5.74) is 5.48. The van der Waals surface area contributed by atoms with Crippen LogP contribution in [-0.4, -0.2) is 58.3 Å². The van der Waals surface area contributed by atoms with Crippen molar-refractivity contribution in [1.82, 2.24) is 10.0 Å². The summed E-state index contributed by atoms with van der Waals surface area (Å²) in [6, 6.07) is 11.9. The van der Waals surface area contributed by atoms with E-state index in [0.717, 1.165) is 35.9 Å². The summed E-state index contributed by atoms with van der Waals surface area (Å²) in [5, 5.41) is 2.77. The molecule has 0 radical (unpaired) electrons. The lowest BCUT2D eigenvalue weighted by atomic mass is 9.76. The van der Waals surface area contributed by atoms with E-state index in [2.05, 4.69) is 63.7 Å². The number of nitrogens with one attached hydrogen (secondary N) is 2. The van der Waals surface area contributed by atoms with Gasteiger partial charge in [0.15, 0.2) is 6.10 Å². The minimum Gasteiger partial charge on any atom is -0.480 e. The Morgan fingerprint density at radius 1 is 1.02 bits per heavy atom. The van der Waals surface area contributed by atoms with E-state index >= 15 is 0 Å². The van der Waals surface area contributed by atoms with Crippen LogP contribution in [0.2, 0.25) is 0 Å². The maximum absolute atomic E-state index is 13.7. The fraction of sp³-hybridized carbons (Fsp3) is 0.500. The lowest BCUT2D eigenvalue weighted by Gasteiger charge is -2.31. The van der Waals surface area contributed by atoms with E-state index in [9.17, 15) is 18.0 Å². The molecule has 9 nitrogen and oxygen atoms in total. The average molecular weight is 713 g/mol. The molecule has 3 rings (SSSR count). The molecule has 49 heavy (non-hydrogen) atoms. The molecule has 0 spiro atoms. The Labute approximate surface area is 298 Å². The standard InChI is InChI=1S/C38H53ClN4O5S/c1-12-32(48-33-18-15-26(37(6,7)13-2)22-28(33)38(8,9)14-3)36(45)42-31-23-30(25(5)34(39)35(31)44)41-29-17-16-27(21-24(29)4)43(10)20-19-40-49(11,46)47/h15-18,21-23,32,40H,12-14,19-20H2,1-11H3,(H,42,45). The van der Waals surface area contributed by atoms with Crippen LogP contribution in [0, 0.1) is 6.92 Å². The predicted octanol–water partition coefficient (Wildman–Crippen LogP) is 7.38. The van der Waals surface area contributed by atoms with Gasteiger partial charge in [0.25, 0.3) is 5.91 Å². The Bertz CT molecular complexity index is 1780. The number of carbonyl (C=O) groups excluding carboxylic acids is 2. The molecule has 11 heteroatoms. The van der Waals surface area contributed by atoms with Gasteiger partial charge in [-0.15, -0.1) is 0 Å². The topological polar surface area (TPSA) is 117 Å². The fourth-order valence-electron chi connectivity index (χ4n) is 5.25. The molecule has 0 heterocycles. The molecule has 0 aromatic heterocycles. The van der Waals surface area contributed by atoms with Gasteiger partial charge in [-0.1, -0.05) is 72.2 Å². The third-order valence-electron chi connectivity index (χ3n) is 9.56. The molecule has 2 N–H and O–H groups in total. The summed E-state index contributed by atoms with van der Waals surface area (Å²) in [7, 11) is -1.39. The van der Waals surface area contributed by atoms with Crippen molar-refractivity contribution < 1.29 is 22.7 Å². The fourth-order valence-corrected chi connectivity index (χ4v) is 5.91. The average Bonchev–Trinajstić information content (AvgIpc) is 3.04. The molecule has 1 aliphatic rings. The smallest absolute Gasteiger partial charge is 0.265 e. The summed E-state index contributed by atoms with van der Waals surface area (Å²) in [6.45, 7) is 19.4. The first-order valence-corrected chi connectivity index (χ1v) is 19.1. The van der Waals surface area contributed by atoms with E-state index in [1.807, 2.05) is 50.1 Å². The zero-order valence-corrected chi connectivity index (χ0v) is 32.4. The number of hydrogen-bond donors (Lipinski definition) is 2. The van der Waals surface area contributed by atoms with Crippen LogP contribution in [0.4, 0.5) is 11.4 Å². The third-order valence-corrected chi connectivity index (χ3v) is 10.7. The van der Waals surface area contributed by atoms with Crippen molar-refractivity contribution in [3.63, 3.8) is 0 Å². The summed E-state index contributed by atoms with van der Waals surface area (Å²) >= 11 is 6.51. The number of hydrogen-bond acceptors (Lipinski definition) is 7. The van der Waals surface area contributed by atoms with E-state index in [1.165, 1.54) is 5.56 Å². The number of halogens is 1. The third kappa shape index (κ3) is 10.0. The highest BCUT2D eigenvalue weighted by Crippen LogP contribution is 2.39. The van der Waals surface area contributed by atoms with Crippen LogP contribution in [-0.2, 0) is 30.4 Å². The first kappa shape index (κ1) is 40.0. The zero-order chi connectivity index (χ0) is 36.9. The number of carbonyl (C=O) groups is 2. The van der Waals surface area contributed by atoms with Crippen molar-refractivity contribution in [1.29, 1.82) is 0 Å². The number of ketones is 1. The number of sulfonamides is 1. The summed E-state index contributed by atoms with van der Waals surface area (Å²) in [6.07, 6.45) is 4.09. The highest BCUT2D eigenvalue weighted by atomic mass is 35.5. The maximum Gasteiger partial charge on any atom is 0.265 e. The van der Waals surface area contributed by atoms with Crippen LogP contribution in [0.5, 0.6) is 5.75 Å². The summed E-state index contributed by atoms with van der Waals surface area (Å²) < 4.78 is 31.7. The Morgan fingerprint density at radius 3 is 2.24 bits per heavy atom. The highest BCUT2D eigenvalue weighted by molar-refractivity contribution is 7.88. The predicted molar refractivity (Wildman–Crippen MR) is 202 cm³/mol. The lowest BCUT2D eigenvalue weighted by Crippen LogP contribution is -2.40. The number of rotatable bonds is 15. The second-order valence-electron chi connectivity index (χ2n) is 14.1. The summed E-state index contributed by atoms with van der Waals surface area (Å²) in [4.78, 5) is 33.6. The van der Waals surface area contributed by atoms with Crippen LogP contribution < -0.4 is 19.7 Å². The number of aliphatic imine (C=N–C) groups is 1. The molecular weight excluding hydrogens is 660 g/mol. The van der Waals surface area contributed by atoms with Gasteiger partial charge in [-0.3, -0.25) is 9.59 Å². The molecule has 1 atom stereocenters. The Balaban J connectivity index is 1.88. The van der Waals surface area contributed by atoms with Crippen LogP contribution in [0.25, 0.3) is 0 Å². The van der Waals surface area contributed by atoms with Crippen molar-refractivity contribution >= 4 is 50.4 Å². The highest BCUT2D eigenvalue weighted by Gasteiger charge is 2.31. The van der Waals surface area contributed by atoms with Gasteiger partial charge in [-0.25, -0.2) is 18.1 Å². The van der Waals surface area contributed by atoms with Gasteiger partial charge in [0.2, 0.25) is 15.8 Å². The van der Waals surface area contributed by atoms with Crippen LogP contribution in [0.1, 0.15) is 91.3 Å². The first-order valence-electron chi connectivity index (χ1n) is 16.8. The van der Waals surface area contributed by atoms with Crippen molar-refractivity contribution in [2.45, 2.75) is 98.5 Å². The number of allylic oxidation sites excluding steroid dienone is 3. The molecule has 1 aliphatic carbocycles. The monoisotopic (exact) mass is 712 g/mol. The molecule has 0 fully saturated rings. The number of nitrogens with zero attached hydrogens (tertiary/aromatic N) is 2. The molecule has 0 saturated heterocycles. The molecule has 2 aromatic carbocycles. The van der Waals surface area contributed by atoms with Gasteiger partial charge in [0, 0.05) is 31.4 Å². The Kier molecular flexibility index (Phi) is 13.1. The van der Waals surface area contributed by atoms with Gasteiger partial charge in [-0.2, -0.15) is 0 Å². The SMILES string of the molecule is CCC(Oc1ccc(C(C)(C)CC)cc1C(C)(C)CC)C(=O)NC1=CC(=Nc2ccc(N(C)CCNS(C)(=O)=O)cc2C)C(C)=C(Cl)C1=O. The van der Waals surface area contributed by atoms with Gasteiger partial charge >= 0.3 is 0 Å². The zero-order valence-electron chi connectivity index (χ0n) is 30.9. The quantitative estimate of drug-likeness (QED) is 0.186. The van der Waals surface area contributed by atoms with Crippen molar-refractivity contribution in [2.75, 3.05) is 31.3 Å². The second kappa shape index (κ2) is 16.0. The molecule has 268 valence electrons. The minimum atomic E-state index is -3.27. The largest absolute Gasteiger partial charge is 0.480 e. The number of aryl methyl sites for hydroxylation is 1. The number of amides is 1. The van der Waals surface area contributed by atoms with Gasteiger partial charge in [0.05, 0.1) is 28.4 Å². The summed E-state index contributed by atoms with van der Waals surface area (Å²) in [5.74, 6) is -0.282. The van der Waals surface area contributed by atoms with E-state index in [-0.39, 0.29) is 28.1 Å². The molecule has 0 saturated carbocycles. The van der Waals surface area contributed by atoms with Crippen molar-refractivity contribution in [2.24, 2.45) is 4.99 Å². The van der Waals surface area contributed by atoms with Gasteiger partial charge in [0.1, 0.15) is 5.75 Å². The number of ether oxygens (including phenoxy) is 1. The van der Waals surface area contributed by atoms with E-state index in [1.54, 1.807) is 13.0 Å². The Hall–Kier alpha value is -3.47. The minimum absolute atomic E-state index is 0.00712. The number of anilines is 1. The van der Waals surface area contributed by atoms with Gasteiger partial charge in [-0.05, 0) is 91.0 Å². The Morgan fingerprint density at radius 2 is 1.67 bits per heavy atom. The van der Waals surface area contributed by atoms with Crippen LogP contribution in [0.3, 0.4) is 0 Å². The molecule has 1 unspecified atom stereocenters. The second-order valence-corrected chi connectivity index (χ2v) is 16.3. The molecule has 1 amide bonds. The number of benzene rings is 2. The van der Waals surface area contributed by atoms with Gasteiger partial charge < -0.3 is 15.0 Å². The first-order chi connectivity index (χ1) is 22.7. The van der Waals surface area contributed by atoms with Crippen molar-refractivity contribution in [3.05, 3.63) is 75.5 Å².